The SMILES string of the molecule is CC1Cc2cc(-c3cc(C(=O)Nc4sc5c(c4C#N)CCCC5)no3)ccc2O1. The zero-order valence-electron chi connectivity index (χ0n) is 15.9. The van der Waals surface area contributed by atoms with Crippen LogP contribution in [-0.4, -0.2) is 17.2 Å². The summed E-state index contributed by atoms with van der Waals surface area (Å²) in [7, 11) is 0. The number of nitrogens with zero attached hydrogens (tertiary/aromatic N) is 2. The monoisotopic (exact) mass is 405 g/mol. The van der Waals surface area contributed by atoms with Gasteiger partial charge in [-0.25, -0.2) is 0 Å². The van der Waals surface area contributed by atoms with Gasteiger partial charge in [0.2, 0.25) is 0 Å². The summed E-state index contributed by atoms with van der Waals surface area (Å²) in [5.74, 6) is 1.06. The number of nitriles is 1. The molecule has 6 nitrogen and oxygen atoms in total. The molecule has 3 aromatic rings. The summed E-state index contributed by atoms with van der Waals surface area (Å²) in [6, 6.07) is 9.74. The predicted molar refractivity (Wildman–Crippen MR) is 109 cm³/mol. The number of amides is 1. The number of hydrogen-bond acceptors (Lipinski definition) is 6. The zero-order chi connectivity index (χ0) is 20.0. The lowest BCUT2D eigenvalue weighted by Gasteiger charge is -2.09. The quantitative estimate of drug-likeness (QED) is 0.681. The van der Waals surface area contributed by atoms with Crippen molar-refractivity contribution in [3.8, 4) is 23.1 Å². The number of benzene rings is 1. The molecule has 7 heteroatoms. The average Bonchev–Trinajstić information content (AvgIpc) is 3.42. The molecule has 2 aliphatic rings. The van der Waals surface area contributed by atoms with Crippen molar-refractivity contribution in [2.75, 3.05) is 5.32 Å². The fourth-order valence-corrected chi connectivity index (χ4v) is 5.27. The van der Waals surface area contributed by atoms with Gasteiger partial charge in [-0.1, -0.05) is 5.16 Å². The van der Waals surface area contributed by atoms with E-state index in [2.05, 4.69) is 16.5 Å². The maximum atomic E-state index is 12.7. The van der Waals surface area contributed by atoms with Crippen molar-refractivity contribution in [1.29, 1.82) is 5.26 Å². The van der Waals surface area contributed by atoms with E-state index >= 15 is 0 Å². The van der Waals surface area contributed by atoms with Crippen LogP contribution in [0.15, 0.2) is 28.8 Å². The van der Waals surface area contributed by atoms with E-state index in [9.17, 15) is 10.1 Å². The molecule has 1 N–H and O–H groups in total. The number of hydrogen-bond donors (Lipinski definition) is 1. The van der Waals surface area contributed by atoms with Crippen LogP contribution in [0.25, 0.3) is 11.3 Å². The van der Waals surface area contributed by atoms with Crippen LogP contribution in [0.1, 0.15) is 51.8 Å². The molecule has 5 rings (SSSR count). The summed E-state index contributed by atoms with van der Waals surface area (Å²) in [5, 5.41) is 17.0. The summed E-state index contributed by atoms with van der Waals surface area (Å²) in [6.45, 7) is 2.04. The van der Waals surface area contributed by atoms with E-state index in [0.717, 1.165) is 54.5 Å². The van der Waals surface area contributed by atoms with Crippen molar-refractivity contribution in [2.24, 2.45) is 0 Å². The molecule has 1 aromatic carbocycles. The van der Waals surface area contributed by atoms with Crippen LogP contribution in [0.4, 0.5) is 5.00 Å². The highest BCUT2D eigenvalue weighted by Gasteiger charge is 2.24. The van der Waals surface area contributed by atoms with Crippen LogP contribution < -0.4 is 10.1 Å². The van der Waals surface area contributed by atoms with Crippen LogP contribution in [0, 0.1) is 11.3 Å². The van der Waals surface area contributed by atoms with Crippen molar-refractivity contribution in [2.45, 2.75) is 45.1 Å². The normalized spacial score (nSPS) is 17.2. The van der Waals surface area contributed by atoms with Gasteiger partial charge in [-0.3, -0.25) is 4.79 Å². The van der Waals surface area contributed by atoms with Gasteiger partial charge >= 0.3 is 0 Å². The number of rotatable bonds is 3. The minimum absolute atomic E-state index is 0.169. The molecule has 1 atom stereocenters. The van der Waals surface area contributed by atoms with Crippen LogP contribution in [-0.2, 0) is 19.3 Å². The third kappa shape index (κ3) is 3.19. The molecule has 2 aromatic heterocycles. The number of aryl methyl sites for hydroxylation is 1. The maximum absolute atomic E-state index is 12.7. The van der Waals surface area contributed by atoms with Crippen molar-refractivity contribution >= 4 is 22.2 Å². The first-order valence-corrected chi connectivity index (χ1v) is 10.6. The topological polar surface area (TPSA) is 88.2 Å². The fourth-order valence-electron chi connectivity index (χ4n) is 4.03. The number of carbonyl (C=O) groups is 1. The first kappa shape index (κ1) is 18.0. The molecule has 0 radical (unpaired) electrons. The number of aromatic nitrogens is 1. The second-order valence-electron chi connectivity index (χ2n) is 7.51. The number of fused-ring (bicyclic) bond motifs is 2. The van der Waals surface area contributed by atoms with Crippen molar-refractivity contribution in [1.82, 2.24) is 5.16 Å². The average molecular weight is 405 g/mol. The first-order valence-electron chi connectivity index (χ1n) is 9.75. The molecule has 1 aliphatic carbocycles. The van der Waals surface area contributed by atoms with Crippen LogP contribution in [0.2, 0.25) is 0 Å². The van der Waals surface area contributed by atoms with E-state index in [1.165, 1.54) is 16.2 Å². The second kappa shape index (κ2) is 7.05. The standard InChI is InChI=1S/C22H19N3O3S/c1-12-8-14-9-13(6-7-18(14)27-12)19-10-17(25-28-19)21(26)24-22-16(11-23)15-4-2-3-5-20(15)29-22/h6-7,9-10,12H,2-5,8H2,1H3,(H,24,26). The lowest BCUT2D eigenvalue weighted by atomic mass is 9.96. The van der Waals surface area contributed by atoms with Gasteiger partial charge < -0.3 is 14.6 Å². The third-order valence-corrected chi connectivity index (χ3v) is 6.64. The summed E-state index contributed by atoms with van der Waals surface area (Å²) in [5.41, 5.74) is 3.86. The molecule has 0 spiro atoms. The Morgan fingerprint density at radius 1 is 1.31 bits per heavy atom. The summed E-state index contributed by atoms with van der Waals surface area (Å²) < 4.78 is 11.1. The van der Waals surface area contributed by atoms with E-state index in [1.54, 1.807) is 6.07 Å². The summed E-state index contributed by atoms with van der Waals surface area (Å²) in [4.78, 5) is 13.9. The first-order chi connectivity index (χ1) is 14.1. The molecule has 0 saturated carbocycles. The fraction of sp³-hybridized carbons (Fsp3) is 0.318. The second-order valence-corrected chi connectivity index (χ2v) is 8.62. The van der Waals surface area contributed by atoms with Gasteiger partial charge in [-0.15, -0.1) is 11.3 Å². The van der Waals surface area contributed by atoms with Gasteiger partial charge in [-0.2, -0.15) is 5.26 Å². The number of nitrogens with one attached hydrogen (secondary N) is 1. The highest BCUT2D eigenvalue weighted by atomic mass is 32.1. The maximum Gasteiger partial charge on any atom is 0.278 e. The van der Waals surface area contributed by atoms with Gasteiger partial charge in [0, 0.05) is 22.9 Å². The molecule has 1 amide bonds. The van der Waals surface area contributed by atoms with E-state index in [1.807, 2.05) is 25.1 Å². The molecule has 0 fully saturated rings. The van der Waals surface area contributed by atoms with E-state index in [4.69, 9.17) is 9.26 Å². The van der Waals surface area contributed by atoms with Gasteiger partial charge in [0.05, 0.1) is 5.56 Å². The van der Waals surface area contributed by atoms with Gasteiger partial charge in [0.1, 0.15) is 22.9 Å². The van der Waals surface area contributed by atoms with Gasteiger partial charge in [0.25, 0.3) is 5.91 Å². The van der Waals surface area contributed by atoms with Gasteiger partial charge in [-0.05, 0) is 61.9 Å². The van der Waals surface area contributed by atoms with Gasteiger partial charge in [0.15, 0.2) is 11.5 Å². The van der Waals surface area contributed by atoms with E-state index in [0.29, 0.717) is 16.3 Å². The Labute approximate surface area is 172 Å². The number of thiophene rings is 1. The predicted octanol–water partition coefficient (Wildman–Crippen LogP) is 4.73. The zero-order valence-corrected chi connectivity index (χ0v) is 16.8. The highest BCUT2D eigenvalue weighted by molar-refractivity contribution is 7.16. The van der Waals surface area contributed by atoms with Crippen molar-refractivity contribution in [3.05, 3.63) is 51.5 Å². The Morgan fingerprint density at radius 2 is 2.17 bits per heavy atom. The summed E-state index contributed by atoms with van der Waals surface area (Å²) >= 11 is 1.50. The van der Waals surface area contributed by atoms with Crippen LogP contribution in [0.5, 0.6) is 5.75 Å². The minimum atomic E-state index is -0.367. The Balaban J connectivity index is 1.38. The lowest BCUT2D eigenvalue weighted by molar-refractivity contribution is 0.101. The van der Waals surface area contributed by atoms with Crippen LogP contribution >= 0.6 is 11.3 Å². The molecule has 29 heavy (non-hydrogen) atoms. The molecule has 0 saturated heterocycles. The summed E-state index contributed by atoms with van der Waals surface area (Å²) in [6.07, 6.45) is 5.11. The van der Waals surface area contributed by atoms with Crippen LogP contribution in [0.3, 0.4) is 0 Å². The molecule has 0 bridgehead atoms. The smallest absolute Gasteiger partial charge is 0.278 e. The van der Waals surface area contributed by atoms with E-state index < -0.39 is 0 Å². The molecular formula is C22H19N3O3S. The Bertz CT molecular complexity index is 1150. The van der Waals surface area contributed by atoms with E-state index in [-0.39, 0.29) is 17.7 Å². The number of ether oxygens (including phenoxy) is 1. The number of carbonyl (C=O) groups excluding carboxylic acids is 1. The Morgan fingerprint density at radius 3 is 3.03 bits per heavy atom. The molecule has 1 unspecified atom stereocenters. The molecule has 146 valence electrons. The van der Waals surface area contributed by atoms with Crippen molar-refractivity contribution < 1.29 is 14.1 Å². The highest BCUT2D eigenvalue weighted by Crippen LogP contribution is 2.38. The number of anilines is 1. The third-order valence-electron chi connectivity index (χ3n) is 5.43. The lowest BCUT2D eigenvalue weighted by Crippen LogP contribution is -2.12. The molecule has 1 aliphatic heterocycles. The minimum Gasteiger partial charge on any atom is -0.490 e. The Hall–Kier alpha value is -3.11. The van der Waals surface area contributed by atoms with Crippen molar-refractivity contribution in [3.63, 3.8) is 0 Å². The molecular weight excluding hydrogens is 386 g/mol. The largest absolute Gasteiger partial charge is 0.490 e. The molecule has 3 heterocycles. The Kier molecular flexibility index (Phi) is 4.36.